The minimum absolute atomic E-state index is 0.0465. The third-order valence-electron chi connectivity index (χ3n) is 7.04. The van der Waals surface area contributed by atoms with Gasteiger partial charge in [-0.2, -0.15) is 0 Å². The fraction of sp³-hybridized carbons (Fsp3) is 0.355. The van der Waals surface area contributed by atoms with Gasteiger partial charge in [-0.25, -0.2) is 13.4 Å². The highest BCUT2D eigenvalue weighted by Crippen LogP contribution is 2.33. The Morgan fingerprint density at radius 2 is 1.71 bits per heavy atom. The first kappa shape index (κ1) is 30.1. The lowest BCUT2D eigenvalue weighted by atomic mass is 9.90. The largest absolute Gasteiger partial charge is 0.497 e. The van der Waals surface area contributed by atoms with E-state index in [1.54, 1.807) is 68.6 Å². The van der Waals surface area contributed by atoms with Crippen molar-refractivity contribution >= 4 is 21.6 Å². The molecule has 1 heterocycles. The van der Waals surface area contributed by atoms with Gasteiger partial charge in [0.15, 0.2) is 15.4 Å². The number of hydrogen-bond donors (Lipinski definition) is 2. The normalized spacial score (nSPS) is 18.3. The highest BCUT2D eigenvalue weighted by Gasteiger charge is 2.50. The molecule has 0 saturated heterocycles. The molecule has 1 aliphatic rings. The van der Waals surface area contributed by atoms with Crippen LogP contribution < -0.4 is 14.8 Å². The van der Waals surface area contributed by atoms with Gasteiger partial charge in [-0.05, 0) is 73.9 Å². The summed E-state index contributed by atoms with van der Waals surface area (Å²) >= 11 is 0. The van der Waals surface area contributed by atoms with Crippen LogP contribution in [0.1, 0.15) is 30.9 Å². The second kappa shape index (κ2) is 13.6. The third-order valence-corrected chi connectivity index (χ3v) is 8.77. The van der Waals surface area contributed by atoms with Crippen molar-refractivity contribution in [3.63, 3.8) is 0 Å². The van der Waals surface area contributed by atoms with E-state index >= 15 is 0 Å². The summed E-state index contributed by atoms with van der Waals surface area (Å²) in [4.78, 5) is 18.7. The van der Waals surface area contributed by atoms with E-state index in [-0.39, 0.29) is 35.5 Å². The first-order chi connectivity index (χ1) is 19.8. The van der Waals surface area contributed by atoms with E-state index in [2.05, 4.69) is 5.32 Å². The van der Waals surface area contributed by atoms with Crippen LogP contribution in [0.2, 0.25) is 0 Å². The van der Waals surface area contributed by atoms with E-state index in [0.717, 1.165) is 11.3 Å². The Morgan fingerprint density at radius 1 is 1.02 bits per heavy atom. The predicted octanol–water partition coefficient (Wildman–Crippen LogP) is 3.58. The maximum atomic E-state index is 13.7. The lowest BCUT2D eigenvalue weighted by Gasteiger charge is -2.28. The number of aliphatic imine (C=N–C) groups is 1. The summed E-state index contributed by atoms with van der Waals surface area (Å²) in [6.45, 7) is 2.52. The van der Waals surface area contributed by atoms with Crippen molar-refractivity contribution < 1.29 is 32.5 Å². The smallest absolute Gasteiger partial charge is 0.251 e. The molecule has 41 heavy (non-hydrogen) atoms. The maximum Gasteiger partial charge on any atom is 0.251 e. The Labute approximate surface area is 241 Å². The molecule has 2 atom stereocenters. The second-order valence-electron chi connectivity index (χ2n) is 9.79. The van der Waals surface area contributed by atoms with Gasteiger partial charge < -0.3 is 24.6 Å². The van der Waals surface area contributed by atoms with Crippen molar-refractivity contribution in [3.05, 3.63) is 90.0 Å². The first-order valence-electron chi connectivity index (χ1n) is 13.6. The van der Waals surface area contributed by atoms with E-state index < -0.39 is 21.5 Å². The van der Waals surface area contributed by atoms with Gasteiger partial charge in [0.1, 0.15) is 17.6 Å². The summed E-state index contributed by atoms with van der Waals surface area (Å²) in [6.07, 6.45) is 0.352. The number of sulfone groups is 1. The Morgan fingerprint density at radius 3 is 2.37 bits per heavy atom. The van der Waals surface area contributed by atoms with Crippen LogP contribution in [0.4, 0.5) is 0 Å². The number of ether oxygens (including phenoxy) is 3. The minimum atomic E-state index is -3.66. The minimum Gasteiger partial charge on any atom is -0.497 e. The lowest BCUT2D eigenvalue weighted by molar-refractivity contribution is -0.128. The highest BCUT2D eigenvalue weighted by atomic mass is 32.2. The molecule has 218 valence electrons. The topological polar surface area (TPSA) is 124 Å². The molecule has 0 spiro atoms. The van der Waals surface area contributed by atoms with Crippen LogP contribution in [0.5, 0.6) is 11.5 Å². The molecule has 1 aliphatic heterocycles. The number of rotatable bonds is 14. The molecule has 10 heteroatoms. The molecule has 3 aromatic carbocycles. The Kier molecular flexibility index (Phi) is 10.0. The number of carbonyl (C=O) groups is 1. The lowest BCUT2D eigenvalue weighted by Crippen LogP contribution is -2.52. The summed E-state index contributed by atoms with van der Waals surface area (Å²) in [5.41, 5.74) is 0.228. The fourth-order valence-electron chi connectivity index (χ4n) is 4.55. The number of methoxy groups -OCH3 is 1. The van der Waals surface area contributed by atoms with Crippen LogP contribution in [0.15, 0.2) is 88.8 Å². The van der Waals surface area contributed by atoms with Gasteiger partial charge in [-0.15, -0.1) is 0 Å². The standard InChI is InChI=1S/C31H36N2O7S/c1-23-31(18-22-41(36,37)28-7-4-3-5-8-28,30(35)32-19-17-24-9-13-26(38-2)14-10-24)33-29(40-23)25-11-15-27(16-12-25)39-21-6-20-34/h3-5,7-16,23,34H,6,17-22H2,1-2H3,(H,32,35)/t23-,31-/m1/s1. The third kappa shape index (κ3) is 7.45. The van der Waals surface area contributed by atoms with E-state index in [1.165, 1.54) is 0 Å². The van der Waals surface area contributed by atoms with Crippen molar-refractivity contribution in [2.45, 2.75) is 42.7 Å². The zero-order valence-electron chi connectivity index (χ0n) is 23.3. The van der Waals surface area contributed by atoms with Gasteiger partial charge in [-0.1, -0.05) is 30.3 Å². The molecule has 0 aromatic heterocycles. The number of carbonyl (C=O) groups excluding carboxylic acids is 1. The predicted molar refractivity (Wildman–Crippen MR) is 156 cm³/mol. The van der Waals surface area contributed by atoms with Crippen LogP contribution >= 0.6 is 0 Å². The van der Waals surface area contributed by atoms with E-state index in [1.807, 2.05) is 24.3 Å². The van der Waals surface area contributed by atoms with Crippen LogP contribution in [0.25, 0.3) is 0 Å². The van der Waals surface area contributed by atoms with Gasteiger partial charge >= 0.3 is 0 Å². The molecule has 3 aromatic rings. The van der Waals surface area contributed by atoms with Crippen molar-refractivity contribution in [2.24, 2.45) is 4.99 Å². The van der Waals surface area contributed by atoms with E-state index in [4.69, 9.17) is 24.3 Å². The summed E-state index contributed by atoms with van der Waals surface area (Å²) < 4.78 is 43.2. The fourth-order valence-corrected chi connectivity index (χ4v) is 5.94. The highest BCUT2D eigenvalue weighted by molar-refractivity contribution is 7.91. The van der Waals surface area contributed by atoms with Crippen LogP contribution in [-0.4, -0.2) is 69.6 Å². The van der Waals surface area contributed by atoms with Crippen molar-refractivity contribution in [2.75, 3.05) is 32.6 Å². The number of aliphatic hydroxyl groups excluding tert-OH is 1. The number of nitrogens with zero attached hydrogens (tertiary/aromatic N) is 1. The van der Waals surface area contributed by atoms with Crippen molar-refractivity contribution in [1.29, 1.82) is 0 Å². The molecule has 9 nitrogen and oxygen atoms in total. The Bertz CT molecular complexity index is 1430. The van der Waals surface area contributed by atoms with E-state index in [0.29, 0.717) is 37.3 Å². The molecule has 4 rings (SSSR count). The molecule has 0 aliphatic carbocycles. The summed E-state index contributed by atoms with van der Waals surface area (Å²) in [7, 11) is -2.06. The number of aliphatic hydroxyl groups is 1. The van der Waals surface area contributed by atoms with Crippen molar-refractivity contribution in [3.8, 4) is 11.5 Å². The zero-order valence-corrected chi connectivity index (χ0v) is 24.1. The number of amides is 1. The van der Waals surface area contributed by atoms with Gasteiger partial charge in [0, 0.05) is 25.1 Å². The Balaban J connectivity index is 1.54. The summed E-state index contributed by atoms with van der Waals surface area (Å²) in [5.74, 6) is 0.984. The van der Waals surface area contributed by atoms with Crippen LogP contribution in [0.3, 0.4) is 0 Å². The molecule has 0 radical (unpaired) electrons. The number of hydrogen-bond acceptors (Lipinski definition) is 8. The quantitative estimate of drug-likeness (QED) is 0.280. The van der Waals surface area contributed by atoms with Gasteiger partial charge in [0.25, 0.3) is 5.91 Å². The molecule has 0 saturated carbocycles. The monoisotopic (exact) mass is 580 g/mol. The SMILES string of the molecule is COc1ccc(CCNC(=O)[C@]2(CCS(=O)(=O)c3ccccc3)N=C(c3ccc(OCCCO)cc3)O[C@@H]2C)cc1. The number of benzene rings is 3. The van der Waals surface area contributed by atoms with Gasteiger partial charge in [0.2, 0.25) is 5.90 Å². The maximum absolute atomic E-state index is 13.7. The van der Waals surface area contributed by atoms with Gasteiger partial charge in [0.05, 0.1) is 24.4 Å². The molecule has 2 N–H and O–H groups in total. The summed E-state index contributed by atoms with van der Waals surface area (Å²) in [6, 6.07) is 22.8. The van der Waals surface area contributed by atoms with Crippen molar-refractivity contribution in [1.82, 2.24) is 5.32 Å². The van der Waals surface area contributed by atoms with Crippen LogP contribution in [-0.2, 0) is 25.8 Å². The van der Waals surface area contributed by atoms with E-state index in [9.17, 15) is 13.2 Å². The molecule has 0 fully saturated rings. The molecule has 0 unspecified atom stereocenters. The zero-order chi connectivity index (χ0) is 29.3. The average Bonchev–Trinajstić information content (AvgIpc) is 3.34. The second-order valence-corrected chi connectivity index (χ2v) is 11.9. The summed E-state index contributed by atoms with van der Waals surface area (Å²) in [5, 5.41) is 11.9. The average molecular weight is 581 g/mol. The number of nitrogens with one attached hydrogen (secondary N) is 1. The molecular formula is C31H36N2O7S. The molecular weight excluding hydrogens is 544 g/mol. The Hall–Kier alpha value is -3.89. The molecule has 0 bridgehead atoms. The first-order valence-corrected chi connectivity index (χ1v) is 15.2. The van der Waals surface area contributed by atoms with Gasteiger partial charge in [-0.3, -0.25) is 4.79 Å². The van der Waals surface area contributed by atoms with Crippen LogP contribution in [0, 0.1) is 0 Å². The molecule has 1 amide bonds.